The molecule has 1 nitrogen and oxygen atoms in total. The van der Waals surface area contributed by atoms with Crippen molar-refractivity contribution in [3.05, 3.63) is 36.5 Å². The maximum Gasteiger partial charge on any atom is 0.146 e. The third-order valence-corrected chi connectivity index (χ3v) is 1.14. The van der Waals surface area contributed by atoms with Crippen molar-refractivity contribution in [2.75, 3.05) is 5.73 Å². The molecule has 47 valence electrons. The standard InChI is InChI=1S/C7H7FN/c1-5-3-2-4-6(8)7(5)9/h2-4H,1,9H2. The van der Waals surface area contributed by atoms with Crippen LogP contribution in [0.3, 0.4) is 0 Å². The van der Waals surface area contributed by atoms with Crippen molar-refractivity contribution in [3.8, 4) is 0 Å². The molecule has 0 aromatic heterocycles. The molecular formula is C7H7FN. The minimum Gasteiger partial charge on any atom is -0.396 e. The summed E-state index contributed by atoms with van der Waals surface area (Å²) in [6.45, 7) is 3.52. The molecule has 0 spiro atoms. The fourth-order valence-electron chi connectivity index (χ4n) is 0.582. The first-order valence-corrected chi connectivity index (χ1v) is 2.58. The Morgan fingerprint density at radius 1 is 1.44 bits per heavy atom. The monoisotopic (exact) mass is 124 g/mol. The van der Waals surface area contributed by atoms with Crippen LogP contribution in [0.5, 0.6) is 0 Å². The molecule has 0 heterocycles. The van der Waals surface area contributed by atoms with Crippen LogP contribution in [0.25, 0.3) is 0 Å². The van der Waals surface area contributed by atoms with Gasteiger partial charge in [0.25, 0.3) is 0 Å². The second-order valence-electron chi connectivity index (χ2n) is 1.81. The third kappa shape index (κ3) is 1.02. The van der Waals surface area contributed by atoms with E-state index in [9.17, 15) is 4.39 Å². The lowest BCUT2D eigenvalue weighted by Crippen LogP contribution is -1.92. The zero-order valence-corrected chi connectivity index (χ0v) is 4.89. The molecule has 0 aliphatic rings. The average molecular weight is 124 g/mol. The molecule has 1 aromatic carbocycles. The number of benzene rings is 1. The van der Waals surface area contributed by atoms with Crippen LogP contribution >= 0.6 is 0 Å². The Morgan fingerprint density at radius 3 is 2.56 bits per heavy atom. The Kier molecular flexibility index (Phi) is 1.39. The first kappa shape index (κ1) is 6.08. The zero-order chi connectivity index (χ0) is 6.85. The summed E-state index contributed by atoms with van der Waals surface area (Å²) in [7, 11) is 0. The molecule has 0 saturated carbocycles. The first-order chi connectivity index (χ1) is 4.22. The molecule has 2 N–H and O–H groups in total. The highest BCUT2D eigenvalue weighted by molar-refractivity contribution is 5.49. The van der Waals surface area contributed by atoms with Gasteiger partial charge in [-0.1, -0.05) is 12.1 Å². The smallest absolute Gasteiger partial charge is 0.146 e. The topological polar surface area (TPSA) is 26.0 Å². The van der Waals surface area contributed by atoms with Crippen LogP contribution < -0.4 is 5.73 Å². The predicted molar refractivity (Wildman–Crippen MR) is 35.3 cm³/mol. The van der Waals surface area contributed by atoms with Crippen LogP contribution in [-0.4, -0.2) is 0 Å². The highest BCUT2D eigenvalue weighted by atomic mass is 19.1. The van der Waals surface area contributed by atoms with E-state index < -0.39 is 5.82 Å². The van der Waals surface area contributed by atoms with Gasteiger partial charge in [0.05, 0.1) is 5.69 Å². The van der Waals surface area contributed by atoms with Crippen LogP contribution in [0.2, 0.25) is 0 Å². The van der Waals surface area contributed by atoms with E-state index in [1.165, 1.54) is 6.07 Å². The van der Waals surface area contributed by atoms with Gasteiger partial charge < -0.3 is 5.73 Å². The fourth-order valence-corrected chi connectivity index (χ4v) is 0.582. The molecule has 0 atom stereocenters. The second kappa shape index (κ2) is 2.05. The van der Waals surface area contributed by atoms with Crippen molar-refractivity contribution >= 4 is 5.69 Å². The number of nitrogens with two attached hydrogens (primary N) is 1. The van der Waals surface area contributed by atoms with E-state index in [0.29, 0.717) is 5.56 Å². The number of hydrogen-bond acceptors (Lipinski definition) is 1. The Hall–Kier alpha value is -1.05. The molecule has 0 saturated heterocycles. The summed E-state index contributed by atoms with van der Waals surface area (Å²) in [6, 6.07) is 4.55. The van der Waals surface area contributed by atoms with Gasteiger partial charge in [-0.25, -0.2) is 4.39 Å². The summed E-state index contributed by atoms with van der Waals surface area (Å²) < 4.78 is 12.4. The van der Waals surface area contributed by atoms with Crippen molar-refractivity contribution in [1.82, 2.24) is 0 Å². The summed E-state index contributed by atoms with van der Waals surface area (Å²) in [5.74, 6) is -0.400. The molecule has 1 radical (unpaired) electrons. The van der Waals surface area contributed by atoms with Crippen molar-refractivity contribution in [1.29, 1.82) is 0 Å². The van der Waals surface area contributed by atoms with Gasteiger partial charge in [-0.05, 0) is 18.6 Å². The van der Waals surface area contributed by atoms with E-state index in [1.54, 1.807) is 12.1 Å². The van der Waals surface area contributed by atoms with E-state index >= 15 is 0 Å². The van der Waals surface area contributed by atoms with Crippen molar-refractivity contribution in [2.45, 2.75) is 0 Å². The van der Waals surface area contributed by atoms with Gasteiger partial charge in [-0.3, -0.25) is 0 Å². The van der Waals surface area contributed by atoms with Crippen LogP contribution in [0.1, 0.15) is 5.56 Å². The number of halogens is 1. The number of anilines is 1. The molecule has 0 aliphatic carbocycles. The van der Waals surface area contributed by atoms with E-state index in [1.807, 2.05) is 0 Å². The third-order valence-electron chi connectivity index (χ3n) is 1.14. The highest BCUT2D eigenvalue weighted by Gasteiger charge is 1.96. The average Bonchev–Trinajstić information content (AvgIpc) is 1.83. The summed E-state index contributed by atoms with van der Waals surface area (Å²) in [5.41, 5.74) is 5.92. The quantitative estimate of drug-likeness (QED) is 0.522. The molecule has 1 aromatic rings. The van der Waals surface area contributed by atoms with Crippen LogP contribution in [-0.2, 0) is 0 Å². The Morgan fingerprint density at radius 2 is 2.11 bits per heavy atom. The number of rotatable bonds is 0. The largest absolute Gasteiger partial charge is 0.396 e. The van der Waals surface area contributed by atoms with E-state index in [0.717, 1.165) is 0 Å². The van der Waals surface area contributed by atoms with Gasteiger partial charge in [-0.2, -0.15) is 0 Å². The van der Waals surface area contributed by atoms with Crippen molar-refractivity contribution in [2.24, 2.45) is 0 Å². The second-order valence-corrected chi connectivity index (χ2v) is 1.81. The van der Waals surface area contributed by atoms with Crippen LogP contribution in [0, 0.1) is 12.7 Å². The molecular weight excluding hydrogens is 117 g/mol. The zero-order valence-electron chi connectivity index (χ0n) is 4.89. The van der Waals surface area contributed by atoms with Crippen LogP contribution in [0.4, 0.5) is 10.1 Å². The lowest BCUT2D eigenvalue weighted by atomic mass is 10.2. The lowest BCUT2D eigenvalue weighted by Gasteiger charge is -1.97. The Labute approximate surface area is 53.3 Å². The molecule has 0 bridgehead atoms. The number of para-hydroxylation sites is 1. The molecule has 0 fully saturated rings. The van der Waals surface area contributed by atoms with Gasteiger partial charge in [0.15, 0.2) is 0 Å². The predicted octanol–water partition coefficient (Wildman–Crippen LogP) is 1.59. The van der Waals surface area contributed by atoms with Gasteiger partial charge in [0.2, 0.25) is 0 Å². The fraction of sp³-hybridized carbons (Fsp3) is 0. The molecule has 1 rings (SSSR count). The van der Waals surface area contributed by atoms with Crippen molar-refractivity contribution < 1.29 is 4.39 Å². The number of hydrogen-bond donors (Lipinski definition) is 1. The summed E-state index contributed by atoms with van der Waals surface area (Å²) >= 11 is 0. The summed E-state index contributed by atoms with van der Waals surface area (Å²) in [5, 5.41) is 0. The Balaban J connectivity index is 3.25. The molecule has 0 amide bonds. The molecule has 9 heavy (non-hydrogen) atoms. The normalized spacial score (nSPS) is 9.56. The minimum absolute atomic E-state index is 0.137. The van der Waals surface area contributed by atoms with Gasteiger partial charge in [-0.15, -0.1) is 0 Å². The molecule has 2 heteroatoms. The molecule has 0 unspecified atom stereocenters. The molecule has 0 aliphatic heterocycles. The van der Waals surface area contributed by atoms with Gasteiger partial charge >= 0.3 is 0 Å². The van der Waals surface area contributed by atoms with Crippen LogP contribution in [0.15, 0.2) is 18.2 Å². The number of nitrogen functional groups attached to an aromatic ring is 1. The summed E-state index contributed by atoms with van der Waals surface area (Å²) in [4.78, 5) is 0. The minimum atomic E-state index is -0.400. The lowest BCUT2D eigenvalue weighted by molar-refractivity contribution is 0.632. The Bertz CT molecular complexity index is 200. The van der Waals surface area contributed by atoms with E-state index in [2.05, 4.69) is 6.92 Å². The summed E-state index contributed by atoms with van der Waals surface area (Å²) in [6.07, 6.45) is 0. The van der Waals surface area contributed by atoms with Gasteiger partial charge in [0, 0.05) is 0 Å². The van der Waals surface area contributed by atoms with E-state index in [-0.39, 0.29) is 5.69 Å². The highest BCUT2D eigenvalue weighted by Crippen LogP contribution is 2.13. The maximum absolute atomic E-state index is 12.4. The SMILES string of the molecule is [CH2]c1cccc(F)c1N. The maximum atomic E-state index is 12.4. The van der Waals surface area contributed by atoms with Crippen molar-refractivity contribution in [3.63, 3.8) is 0 Å². The van der Waals surface area contributed by atoms with E-state index in [4.69, 9.17) is 5.73 Å². The first-order valence-electron chi connectivity index (χ1n) is 2.58. The van der Waals surface area contributed by atoms with Gasteiger partial charge in [0.1, 0.15) is 5.82 Å².